The van der Waals surface area contributed by atoms with Crippen LogP contribution in [0.2, 0.25) is 5.02 Å². The van der Waals surface area contributed by atoms with Crippen LogP contribution in [-0.2, 0) is 10.0 Å². The first-order valence-corrected chi connectivity index (χ1v) is 11.1. The number of hydrogen-bond donors (Lipinski definition) is 2. The number of carbonyl (C=O) groups excluding carboxylic acids is 1. The first kappa shape index (κ1) is 20.7. The molecule has 0 spiro atoms. The number of halogens is 2. The van der Waals surface area contributed by atoms with Gasteiger partial charge in [0, 0.05) is 11.8 Å². The van der Waals surface area contributed by atoms with E-state index in [4.69, 9.17) is 11.6 Å². The van der Waals surface area contributed by atoms with E-state index in [2.05, 4.69) is 15.2 Å². The van der Waals surface area contributed by atoms with E-state index in [1.165, 1.54) is 12.1 Å². The number of pyridine rings is 1. The first-order valence-electron chi connectivity index (χ1n) is 9.06. The molecule has 1 aliphatic carbocycles. The summed E-state index contributed by atoms with van der Waals surface area (Å²) in [5, 5.41) is -0.252. The van der Waals surface area contributed by atoms with Crippen LogP contribution >= 0.6 is 11.6 Å². The zero-order valence-electron chi connectivity index (χ0n) is 15.1. The molecule has 9 heteroatoms. The van der Waals surface area contributed by atoms with E-state index < -0.39 is 21.7 Å². The van der Waals surface area contributed by atoms with Crippen LogP contribution in [0.5, 0.6) is 0 Å². The number of rotatable bonds is 6. The van der Waals surface area contributed by atoms with Gasteiger partial charge < -0.3 is 0 Å². The molecule has 1 fully saturated rings. The Balaban J connectivity index is 1.72. The van der Waals surface area contributed by atoms with Crippen LogP contribution in [0.4, 0.5) is 4.39 Å². The molecule has 0 radical (unpaired) electrons. The number of nitrogens with zero attached hydrogens (tertiary/aromatic N) is 1. The minimum atomic E-state index is -3.72. The highest BCUT2D eigenvalue weighted by atomic mass is 35.5. The smallest absolute Gasteiger partial charge is 0.269 e. The van der Waals surface area contributed by atoms with Crippen molar-refractivity contribution in [2.75, 3.05) is 5.75 Å². The van der Waals surface area contributed by atoms with Crippen molar-refractivity contribution in [1.82, 2.24) is 15.2 Å². The Morgan fingerprint density at radius 1 is 1.21 bits per heavy atom. The van der Waals surface area contributed by atoms with Gasteiger partial charge in [0.2, 0.25) is 10.0 Å². The molecule has 1 saturated carbocycles. The second-order valence-electron chi connectivity index (χ2n) is 6.88. The molecule has 0 bridgehead atoms. The number of benzene rings is 1. The molecule has 1 amide bonds. The fourth-order valence-corrected chi connectivity index (χ4v) is 4.84. The molecule has 28 heavy (non-hydrogen) atoms. The second kappa shape index (κ2) is 8.98. The summed E-state index contributed by atoms with van der Waals surface area (Å²) in [6, 6.07) is 7.82. The Bertz CT molecular complexity index is 948. The average molecular weight is 426 g/mol. The summed E-state index contributed by atoms with van der Waals surface area (Å²) in [4.78, 5) is 18.6. The molecule has 6 nitrogen and oxygen atoms in total. The largest absolute Gasteiger partial charge is 0.274 e. The monoisotopic (exact) mass is 425 g/mol. The minimum absolute atomic E-state index is 0.0650. The maximum atomic E-state index is 14.3. The number of carbonyl (C=O) groups is 1. The van der Waals surface area contributed by atoms with Crippen molar-refractivity contribution in [1.29, 1.82) is 0 Å². The van der Waals surface area contributed by atoms with Gasteiger partial charge in [0.1, 0.15) is 0 Å². The summed E-state index contributed by atoms with van der Waals surface area (Å²) < 4.78 is 38.8. The van der Waals surface area contributed by atoms with Gasteiger partial charge in [-0.3, -0.25) is 15.2 Å². The van der Waals surface area contributed by atoms with E-state index in [0.29, 0.717) is 11.3 Å². The number of amides is 1. The van der Waals surface area contributed by atoms with Crippen molar-refractivity contribution in [2.24, 2.45) is 5.92 Å². The number of hydrazine groups is 1. The zero-order chi connectivity index (χ0) is 20.1. The lowest BCUT2D eigenvalue weighted by Gasteiger charge is -2.21. The molecule has 0 atom stereocenters. The molecular weight excluding hydrogens is 405 g/mol. The van der Waals surface area contributed by atoms with E-state index in [1.807, 2.05) is 0 Å². The molecule has 0 saturated heterocycles. The van der Waals surface area contributed by atoms with Crippen molar-refractivity contribution in [3.8, 4) is 11.3 Å². The molecule has 150 valence electrons. The SMILES string of the molecule is O=C(NNS(=O)(=O)CC1CCCCC1)c1cc(-c2ccccn2)cc(Cl)c1F. The fraction of sp³-hybridized carbons (Fsp3) is 0.368. The third kappa shape index (κ3) is 5.27. The molecule has 2 N–H and O–H groups in total. The van der Waals surface area contributed by atoms with E-state index >= 15 is 0 Å². The van der Waals surface area contributed by atoms with Gasteiger partial charge in [0.25, 0.3) is 5.91 Å². The van der Waals surface area contributed by atoms with Gasteiger partial charge in [-0.2, -0.15) is 0 Å². The average Bonchev–Trinajstić information content (AvgIpc) is 2.69. The standard InChI is InChI=1S/C19H21ClFN3O3S/c20-16-11-14(17-8-4-5-9-22-17)10-15(18(16)21)19(25)23-24-28(26,27)12-13-6-2-1-3-7-13/h4-5,8-11,13,24H,1-3,6-7,12H2,(H,23,25). The van der Waals surface area contributed by atoms with Gasteiger partial charge in [0.15, 0.2) is 5.82 Å². The summed E-state index contributed by atoms with van der Waals surface area (Å²) in [6.45, 7) is 0. The lowest BCUT2D eigenvalue weighted by molar-refractivity contribution is 0.0941. The summed E-state index contributed by atoms with van der Waals surface area (Å²) in [5.74, 6) is -1.85. The Labute approximate surface area is 168 Å². The summed E-state index contributed by atoms with van der Waals surface area (Å²) in [7, 11) is -3.72. The fourth-order valence-electron chi connectivity index (χ4n) is 3.33. The Morgan fingerprint density at radius 2 is 1.96 bits per heavy atom. The Hall–Kier alpha value is -2.03. The van der Waals surface area contributed by atoms with Crippen molar-refractivity contribution < 1.29 is 17.6 Å². The highest BCUT2D eigenvalue weighted by Gasteiger charge is 2.23. The lowest BCUT2D eigenvalue weighted by atomic mass is 9.91. The number of nitrogens with one attached hydrogen (secondary N) is 2. The van der Waals surface area contributed by atoms with E-state index in [1.54, 1.807) is 24.4 Å². The van der Waals surface area contributed by atoms with Crippen molar-refractivity contribution in [2.45, 2.75) is 32.1 Å². The maximum Gasteiger partial charge on any atom is 0.269 e. The molecule has 0 unspecified atom stereocenters. The van der Waals surface area contributed by atoms with Crippen LogP contribution in [0.1, 0.15) is 42.5 Å². The Morgan fingerprint density at radius 3 is 2.64 bits per heavy atom. The second-order valence-corrected chi connectivity index (χ2v) is 9.05. The van der Waals surface area contributed by atoms with Crippen LogP contribution in [0, 0.1) is 11.7 Å². The minimum Gasteiger partial charge on any atom is -0.274 e. The van der Waals surface area contributed by atoms with Crippen LogP contribution in [0.25, 0.3) is 11.3 Å². The van der Waals surface area contributed by atoms with Gasteiger partial charge >= 0.3 is 0 Å². The molecule has 0 aliphatic heterocycles. The zero-order valence-corrected chi connectivity index (χ0v) is 16.7. The molecular formula is C19H21ClFN3O3S. The summed E-state index contributed by atoms with van der Waals surface area (Å²) in [6.07, 6.45) is 6.41. The van der Waals surface area contributed by atoms with Gasteiger partial charge in [-0.15, -0.1) is 4.83 Å². The summed E-state index contributed by atoms with van der Waals surface area (Å²) in [5.41, 5.74) is 2.67. The van der Waals surface area contributed by atoms with Crippen molar-refractivity contribution >= 4 is 27.5 Å². The summed E-state index contributed by atoms with van der Waals surface area (Å²) >= 11 is 5.91. The first-order chi connectivity index (χ1) is 13.4. The highest BCUT2D eigenvalue weighted by Crippen LogP contribution is 2.27. The van der Waals surface area contributed by atoms with E-state index in [9.17, 15) is 17.6 Å². The maximum absolute atomic E-state index is 14.3. The number of hydrogen-bond acceptors (Lipinski definition) is 4. The molecule has 3 rings (SSSR count). The lowest BCUT2D eigenvalue weighted by Crippen LogP contribution is -2.44. The third-order valence-electron chi connectivity index (χ3n) is 4.73. The van der Waals surface area contributed by atoms with Gasteiger partial charge in [-0.1, -0.05) is 36.9 Å². The van der Waals surface area contributed by atoms with Gasteiger partial charge in [-0.25, -0.2) is 12.8 Å². The highest BCUT2D eigenvalue weighted by molar-refractivity contribution is 7.89. The number of sulfonamides is 1. The molecule has 1 aliphatic rings. The predicted molar refractivity (Wildman–Crippen MR) is 106 cm³/mol. The van der Waals surface area contributed by atoms with Crippen molar-refractivity contribution in [3.63, 3.8) is 0 Å². The van der Waals surface area contributed by atoms with E-state index in [-0.39, 0.29) is 22.3 Å². The third-order valence-corrected chi connectivity index (χ3v) is 6.33. The molecule has 1 aromatic heterocycles. The van der Waals surface area contributed by atoms with Crippen LogP contribution in [-0.4, -0.2) is 25.1 Å². The van der Waals surface area contributed by atoms with Crippen LogP contribution < -0.4 is 10.3 Å². The van der Waals surface area contributed by atoms with Gasteiger partial charge in [0.05, 0.1) is 22.0 Å². The van der Waals surface area contributed by atoms with E-state index in [0.717, 1.165) is 32.1 Å². The topological polar surface area (TPSA) is 88.2 Å². The number of aromatic nitrogens is 1. The normalized spacial score (nSPS) is 15.4. The predicted octanol–water partition coefficient (Wildman–Crippen LogP) is 3.69. The molecule has 1 heterocycles. The quantitative estimate of drug-likeness (QED) is 0.691. The van der Waals surface area contributed by atoms with Crippen LogP contribution in [0.15, 0.2) is 36.5 Å². The molecule has 2 aromatic rings. The van der Waals surface area contributed by atoms with Gasteiger partial charge in [-0.05, 0) is 43.0 Å². The van der Waals surface area contributed by atoms with Crippen molar-refractivity contribution in [3.05, 3.63) is 52.9 Å². The Kier molecular flexibility index (Phi) is 6.64. The molecule has 1 aromatic carbocycles. The van der Waals surface area contributed by atoms with Crippen LogP contribution in [0.3, 0.4) is 0 Å².